The van der Waals surface area contributed by atoms with E-state index >= 15 is 0 Å². The molecule has 0 radical (unpaired) electrons. The normalized spacial score (nSPS) is 14.6. The highest BCUT2D eigenvalue weighted by atomic mass is 16.6. The Balaban J connectivity index is 1.91. The van der Waals surface area contributed by atoms with Gasteiger partial charge in [0.1, 0.15) is 0 Å². The van der Waals surface area contributed by atoms with Gasteiger partial charge in [0, 0.05) is 45.5 Å². The molecule has 1 aliphatic heterocycles. The van der Waals surface area contributed by atoms with Crippen molar-refractivity contribution in [2.24, 2.45) is 0 Å². The van der Waals surface area contributed by atoms with E-state index in [1.165, 1.54) is 0 Å². The third-order valence-corrected chi connectivity index (χ3v) is 4.00. The molecule has 0 bridgehead atoms. The van der Waals surface area contributed by atoms with Crippen molar-refractivity contribution in [2.45, 2.75) is 6.92 Å². The number of nitrogens with one attached hydrogen (secondary N) is 1. The van der Waals surface area contributed by atoms with Crippen LogP contribution >= 0.6 is 0 Å². The second-order valence-electron chi connectivity index (χ2n) is 6.16. The van der Waals surface area contributed by atoms with Crippen molar-refractivity contribution in [1.29, 1.82) is 0 Å². The summed E-state index contributed by atoms with van der Waals surface area (Å²) in [6, 6.07) is 1.85. The van der Waals surface area contributed by atoms with Gasteiger partial charge in [-0.3, -0.25) is 9.78 Å². The van der Waals surface area contributed by atoms with Crippen LogP contribution in [0.3, 0.4) is 0 Å². The van der Waals surface area contributed by atoms with Gasteiger partial charge in [0.05, 0.1) is 24.1 Å². The number of ether oxygens (including phenoxy) is 1. The van der Waals surface area contributed by atoms with Crippen LogP contribution in [0.25, 0.3) is 0 Å². The molecule has 8 heteroatoms. The molecule has 1 aliphatic rings. The van der Waals surface area contributed by atoms with Crippen molar-refractivity contribution in [2.75, 3.05) is 64.9 Å². The molecule has 1 saturated heterocycles. The van der Waals surface area contributed by atoms with Crippen LogP contribution in [0.5, 0.6) is 0 Å². The van der Waals surface area contributed by atoms with Gasteiger partial charge in [-0.1, -0.05) is 0 Å². The first-order valence-electron chi connectivity index (χ1n) is 8.56. The highest BCUT2D eigenvalue weighted by molar-refractivity contribution is 5.94. The lowest BCUT2D eigenvalue weighted by atomic mass is 10.2. The minimum absolute atomic E-state index is 0.124. The Hall–Kier alpha value is -2.35. The first-order chi connectivity index (χ1) is 12.0. The van der Waals surface area contributed by atoms with Gasteiger partial charge in [0.15, 0.2) is 0 Å². The van der Waals surface area contributed by atoms with Crippen LogP contribution in [0.2, 0.25) is 0 Å². The van der Waals surface area contributed by atoms with E-state index in [2.05, 4.69) is 15.2 Å². The molecular formula is C17H27N5O3. The van der Waals surface area contributed by atoms with Crippen LogP contribution in [0, 0.1) is 0 Å². The van der Waals surface area contributed by atoms with Gasteiger partial charge in [-0.2, -0.15) is 0 Å². The summed E-state index contributed by atoms with van der Waals surface area (Å²) in [7, 11) is 3.93. The predicted molar refractivity (Wildman–Crippen MR) is 95.9 cm³/mol. The van der Waals surface area contributed by atoms with Crippen molar-refractivity contribution in [3.63, 3.8) is 0 Å². The lowest BCUT2D eigenvalue weighted by Gasteiger charge is -2.35. The number of hydrogen-bond donors (Lipinski definition) is 1. The summed E-state index contributed by atoms with van der Waals surface area (Å²) in [5, 5.41) is 2.89. The fourth-order valence-electron chi connectivity index (χ4n) is 2.58. The maximum absolute atomic E-state index is 12.2. The molecule has 0 spiro atoms. The Bertz CT molecular complexity index is 585. The highest BCUT2D eigenvalue weighted by Gasteiger charge is 2.22. The number of aromatic nitrogens is 1. The molecule has 0 atom stereocenters. The third kappa shape index (κ3) is 5.60. The molecule has 1 aromatic heterocycles. The highest BCUT2D eigenvalue weighted by Crippen LogP contribution is 2.17. The van der Waals surface area contributed by atoms with Crippen LogP contribution in [-0.4, -0.2) is 86.8 Å². The minimum atomic E-state index is -0.269. The Kier molecular flexibility index (Phi) is 7.00. The summed E-state index contributed by atoms with van der Waals surface area (Å²) in [5.41, 5.74) is 1.44. The molecule has 25 heavy (non-hydrogen) atoms. The van der Waals surface area contributed by atoms with E-state index in [4.69, 9.17) is 4.74 Å². The number of anilines is 1. The number of likely N-dealkylation sites (N-methyl/N-ethyl adjacent to an activating group) is 1. The Labute approximate surface area is 148 Å². The molecular weight excluding hydrogens is 322 g/mol. The summed E-state index contributed by atoms with van der Waals surface area (Å²) in [6.45, 7) is 6.13. The second kappa shape index (κ2) is 9.22. The monoisotopic (exact) mass is 349 g/mol. The standard InChI is InChI=1S/C17H27N5O3/c1-4-25-17(24)22-9-7-21(8-10-22)15-11-14(12-18-13-15)16(23)19-5-6-20(2)3/h11-13H,4-10H2,1-3H3,(H,19,23). The fourth-order valence-corrected chi connectivity index (χ4v) is 2.58. The van der Waals surface area contributed by atoms with Crippen molar-refractivity contribution >= 4 is 17.7 Å². The maximum atomic E-state index is 12.2. The van der Waals surface area contributed by atoms with Gasteiger partial charge in [0.2, 0.25) is 0 Å². The number of amides is 2. The van der Waals surface area contributed by atoms with E-state index in [1.807, 2.05) is 25.1 Å². The number of pyridine rings is 1. The smallest absolute Gasteiger partial charge is 0.409 e. The van der Waals surface area contributed by atoms with Gasteiger partial charge < -0.3 is 24.8 Å². The SMILES string of the molecule is CCOC(=O)N1CCN(c2cncc(C(=O)NCCN(C)C)c2)CC1. The zero-order chi connectivity index (χ0) is 18.2. The molecule has 1 aromatic rings. The largest absolute Gasteiger partial charge is 0.450 e. The summed E-state index contributed by atoms with van der Waals surface area (Å²) in [4.78, 5) is 34.0. The summed E-state index contributed by atoms with van der Waals surface area (Å²) in [6.07, 6.45) is 3.05. The Morgan fingerprint density at radius 3 is 2.60 bits per heavy atom. The molecule has 0 saturated carbocycles. The van der Waals surface area contributed by atoms with Crippen LogP contribution in [0.15, 0.2) is 18.5 Å². The minimum Gasteiger partial charge on any atom is -0.450 e. The van der Waals surface area contributed by atoms with Crippen molar-refractivity contribution in [3.8, 4) is 0 Å². The zero-order valence-electron chi connectivity index (χ0n) is 15.2. The van der Waals surface area contributed by atoms with Crippen LogP contribution in [0.1, 0.15) is 17.3 Å². The molecule has 0 aromatic carbocycles. The van der Waals surface area contributed by atoms with Gasteiger partial charge in [-0.25, -0.2) is 4.79 Å². The van der Waals surface area contributed by atoms with Crippen molar-refractivity contribution in [1.82, 2.24) is 20.1 Å². The average Bonchev–Trinajstić information content (AvgIpc) is 2.62. The van der Waals surface area contributed by atoms with E-state index in [9.17, 15) is 9.59 Å². The van der Waals surface area contributed by atoms with E-state index in [-0.39, 0.29) is 12.0 Å². The topological polar surface area (TPSA) is 78.0 Å². The number of nitrogens with zero attached hydrogens (tertiary/aromatic N) is 4. The quantitative estimate of drug-likeness (QED) is 0.813. The number of carbonyl (C=O) groups is 2. The fraction of sp³-hybridized carbons (Fsp3) is 0.588. The molecule has 2 heterocycles. The number of piperazine rings is 1. The first kappa shape index (κ1) is 19.0. The van der Waals surface area contributed by atoms with Crippen LogP contribution in [0.4, 0.5) is 10.5 Å². The van der Waals surface area contributed by atoms with Gasteiger partial charge >= 0.3 is 6.09 Å². The van der Waals surface area contributed by atoms with E-state index in [0.29, 0.717) is 44.9 Å². The number of hydrogen-bond acceptors (Lipinski definition) is 6. The molecule has 1 N–H and O–H groups in total. The molecule has 0 aliphatic carbocycles. The number of carbonyl (C=O) groups excluding carboxylic acids is 2. The Morgan fingerprint density at radius 1 is 1.24 bits per heavy atom. The lowest BCUT2D eigenvalue weighted by Crippen LogP contribution is -2.49. The third-order valence-electron chi connectivity index (χ3n) is 4.00. The Morgan fingerprint density at radius 2 is 1.96 bits per heavy atom. The van der Waals surface area contributed by atoms with E-state index in [0.717, 1.165) is 12.2 Å². The summed E-state index contributed by atoms with van der Waals surface area (Å²) >= 11 is 0. The predicted octanol–water partition coefficient (Wildman–Crippen LogP) is 0.652. The van der Waals surface area contributed by atoms with Crippen molar-refractivity contribution in [3.05, 3.63) is 24.0 Å². The molecule has 138 valence electrons. The average molecular weight is 349 g/mol. The molecule has 2 rings (SSSR count). The molecule has 0 unspecified atom stereocenters. The first-order valence-corrected chi connectivity index (χ1v) is 8.56. The zero-order valence-corrected chi connectivity index (χ0v) is 15.2. The molecule has 1 fully saturated rings. The van der Waals surface area contributed by atoms with Gasteiger partial charge in [-0.15, -0.1) is 0 Å². The summed E-state index contributed by atoms with van der Waals surface area (Å²) in [5.74, 6) is -0.124. The van der Waals surface area contributed by atoms with Gasteiger partial charge in [0.25, 0.3) is 5.91 Å². The van der Waals surface area contributed by atoms with E-state index in [1.54, 1.807) is 24.2 Å². The van der Waals surface area contributed by atoms with Crippen LogP contribution < -0.4 is 10.2 Å². The van der Waals surface area contributed by atoms with E-state index < -0.39 is 0 Å². The molecule has 2 amide bonds. The van der Waals surface area contributed by atoms with Gasteiger partial charge in [-0.05, 0) is 27.1 Å². The summed E-state index contributed by atoms with van der Waals surface area (Å²) < 4.78 is 5.03. The lowest BCUT2D eigenvalue weighted by molar-refractivity contribution is 0.0950. The van der Waals surface area contributed by atoms with Crippen LogP contribution in [-0.2, 0) is 4.74 Å². The van der Waals surface area contributed by atoms with Crippen molar-refractivity contribution < 1.29 is 14.3 Å². The maximum Gasteiger partial charge on any atom is 0.409 e. The molecule has 8 nitrogen and oxygen atoms in total. The number of rotatable bonds is 6. The second-order valence-corrected chi connectivity index (χ2v) is 6.16.